The monoisotopic (exact) mass is 157 g/mol. The van der Waals surface area contributed by atoms with Crippen molar-refractivity contribution in [3.8, 4) is 0 Å². The fourth-order valence-electron chi connectivity index (χ4n) is 1.43. The molecule has 0 amide bonds. The Bertz CT molecular complexity index is 128. The summed E-state index contributed by atoms with van der Waals surface area (Å²) in [6, 6.07) is 0. The molecular formula is C9H19NO. The molecule has 0 saturated carbocycles. The molecule has 0 aliphatic carbocycles. The van der Waals surface area contributed by atoms with Gasteiger partial charge in [-0.05, 0) is 27.7 Å². The molecule has 1 fully saturated rings. The summed E-state index contributed by atoms with van der Waals surface area (Å²) in [5.74, 6) is 0. The van der Waals surface area contributed by atoms with Gasteiger partial charge in [0, 0.05) is 18.6 Å². The summed E-state index contributed by atoms with van der Waals surface area (Å²) < 4.78 is 5.46. The zero-order valence-corrected chi connectivity index (χ0v) is 8.05. The van der Waals surface area contributed by atoms with E-state index in [0.29, 0.717) is 11.6 Å². The molecule has 1 aliphatic rings. The summed E-state index contributed by atoms with van der Waals surface area (Å²) in [5, 5.41) is 0. The van der Waals surface area contributed by atoms with Gasteiger partial charge in [-0.2, -0.15) is 0 Å². The Kier molecular flexibility index (Phi) is 2.55. The number of morpholine rings is 1. The lowest BCUT2D eigenvalue weighted by molar-refractivity contribution is -0.0494. The average Bonchev–Trinajstić information content (AvgIpc) is 1.86. The van der Waals surface area contributed by atoms with Gasteiger partial charge in [-0.3, -0.25) is 4.90 Å². The number of nitrogens with zero attached hydrogens (tertiary/aromatic N) is 1. The van der Waals surface area contributed by atoms with Gasteiger partial charge in [0.05, 0.1) is 12.7 Å². The zero-order chi connectivity index (χ0) is 8.48. The molecule has 0 bridgehead atoms. The molecule has 66 valence electrons. The van der Waals surface area contributed by atoms with Gasteiger partial charge in [-0.25, -0.2) is 0 Å². The minimum absolute atomic E-state index is 0.304. The molecular weight excluding hydrogens is 138 g/mol. The topological polar surface area (TPSA) is 12.5 Å². The lowest BCUT2D eigenvalue weighted by Gasteiger charge is -2.40. The minimum atomic E-state index is 0.304. The van der Waals surface area contributed by atoms with Gasteiger partial charge in [0.1, 0.15) is 0 Å². The van der Waals surface area contributed by atoms with Crippen LogP contribution in [-0.2, 0) is 4.74 Å². The first kappa shape index (κ1) is 9.01. The van der Waals surface area contributed by atoms with Gasteiger partial charge in [-0.1, -0.05) is 0 Å². The normalized spacial score (nSPS) is 28.9. The van der Waals surface area contributed by atoms with Crippen LogP contribution in [-0.4, -0.2) is 36.2 Å². The van der Waals surface area contributed by atoms with Crippen LogP contribution < -0.4 is 0 Å². The fourth-order valence-corrected chi connectivity index (χ4v) is 1.43. The third-order valence-electron chi connectivity index (χ3n) is 2.19. The minimum Gasteiger partial charge on any atom is -0.376 e. The Morgan fingerprint density at radius 1 is 1.36 bits per heavy atom. The van der Waals surface area contributed by atoms with E-state index in [1.54, 1.807) is 0 Å². The molecule has 1 rings (SSSR count). The highest BCUT2D eigenvalue weighted by Gasteiger charge is 2.25. The van der Waals surface area contributed by atoms with Crippen LogP contribution in [0.3, 0.4) is 0 Å². The van der Waals surface area contributed by atoms with E-state index in [4.69, 9.17) is 4.74 Å². The van der Waals surface area contributed by atoms with E-state index >= 15 is 0 Å². The van der Waals surface area contributed by atoms with Crippen LogP contribution >= 0.6 is 0 Å². The average molecular weight is 157 g/mol. The third-order valence-corrected chi connectivity index (χ3v) is 2.19. The van der Waals surface area contributed by atoms with Crippen LogP contribution in [0.4, 0.5) is 0 Å². The Labute approximate surface area is 69.5 Å². The van der Waals surface area contributed by atoms with Crippen LogP contribution in [0.1, 0.15) is 27.7 Å². The molecule has 0 N–H and O–H groups in total. The highest BCUT2D eigenvalue weighted by molar-refractivity contribution is 4.80. The smallest absolute Gasteiger partial charge is 0.0674 e. The quantitative estimate of drug-likeness (QED) is 0.528. The predicted octanol–water partition coefficient (Wildman–Crippen LogP) is 1.51. The third kappa shape index (κ3) is 2.46. The molecule has 2 heteroatoms. The number of hydrogen-bond donors (Lipinski definition) is 0. The van der Waals surface area contributed by atoms with Crippen LogP contribution in [0.25, 0.3) is 0 Å². The van der Waals surface area contributed by atoms with Crippen molar-refractivity contribution in [2.45, 2.75) is 39.3 Å². The maximum Gasteiger partial charge on any atom is 0.0674 e. The molecule has 0 aromatic heterocycles. The lowest BCUT2D eigenvalue weighted by atomic mass is 10.0. The van der Waals surface area contributed by atoms with E-state index in [9.17, 15) is 0 Å². The van der Waals surface area contributed by atoms with Crippen molar-refractivity contribution in [1.82, 2.24) is 4.90 Å². The maximum atomic E-state index is 5.46. The van der Waals surface area contributed by atoms with Crippen molar-refractivity contribution in [3.05, 3.63) is 0 Å². The molecule has 0 aromatic rings. The van der Waals surface area contributed by atoms with Gasteiger partial charge < -0.3 is 4.74 Å². The summed E-state index contributed by atoms with van der Waals surface area (Å²) in [6.45, 7) is 11.9. The van der Waals surface area contributed by atoms with Crippen LogP contribution in [0, 0.1) is 0 Å². The summed E-state index contributed by atoms with van der Waals surface area (Å²) in [5.41, 5.74) is 0.304. The number of rotatable bonds is 0. The number of ether oxygens (including phenoxy) is 1. The van der Waals surface area contributed by atoms with Crippen LogP contribution in [0.5, 0.6) is 0 Å². The standard InChI is InChI=1S/C9H19NO/c1-8-7-10(5-6-11-8)9(2,3)4/h8H,5-7H2,1-4H3/t8-/m1/s1. The molecule has 11 heavy (non-hydrogen) atoms. The molecule has 1 heterocycles. The van der Waals surface area contributed by atoms with Gasteiger partial charge >= 0.3 is 0 Å². The predicted molar refractivity (Wildman–Crippen MR) is 46.7 cm³/mol. The highest BCUT2D eigenvalue weighted by Crippen LogP contribution is 2.16. The van der Waals surface area contributed by atoms with E-state index < -0.39 is 0 Å². The van der Waals surface area contributed by atoms with E-state index in [0.717, 1.165) is 19.7 Å². The van der Waals surface area contributed by atoms with Crippen molar-refractivity contribution in [1.29, 1.82) is 0 Å². The van der Waals surface area contributed by atoms with Crippen molar-refractivity contribution in [3.63, 3.8) is 0 Å². The Morgan fingerprint density at radius 3 is 2.36 bits per heavy atom. The molecule has 0 aromatic carbocycles. The second-order valence-corrected chi connectivity index (χ2v) is 4.30. The molecule has 2 nitrogen and oxygen atoms in total. The second-order valence-electron chi connectivity index (χ2n) is 4.30. The van der Waals surface area contributed by atoms with Crippen molar-refractivity contribution < 1.29 is 4.74 Å². The first-order valence-electron chi connectivity index (χ1n) is 4.37. The molecule has 1 atom stereocenters. The lowest BCUT2D eigenvalue weighted by Crippen LogP contribution is -2.50. The Morgan fingerprint density at radius 2 is 2.00 bits per heavy atom. The fraction of sp³-hybridized carbons (Fsp3) is 1.00. The van der Waals surface area contributed by atoms with E-state index in [1.165, 1.54) is 0 Å². The Balaban J connectivity index is 2.46. The van der Waals surface area contributed by atoms with Gasteiger partial charge in [-0.15, -0.1) is 0 Å². The first-order valence-corrected chi connectivity index (χ1v) is 4.37. The van der Waals surface area contributed by atoms with Gasteiger partial charge in [0.25, 0.3) is 0 Å². The SMILES string of the molecule is C[C@@H]1CN(C(C)(C)C)CCO1. The molecule has 0 unspecified atom stereocenters. The molecule has 1 saturated heterocycles. The summed E-state index contributed by atoms with van der Waals surface area (Å²) in [4.78, 5) is 2.47. The van der Waals surface area contributed by atoms with Crippen LogP contribution in [0.2, 0.25) is 0 Å². The zero-order valence-electron chi connectivity index (χ0n) is 8.05. The highest BCUT2D eigenvalue weighted by atomic mass is 16.5. The molecule has 1 aliphatic heterocycles. The Hall–Kier alpha value is -0.0800. The molecule has 0 radical (unpaired) electrons. The van der Waals surface area contributed by atoms with Crippen molar-refractivity contribution >= 4 is 0 Å². The summed E-state index contributed by atoms with van der Waals surface area (Å²) in [6.07, 6.45) is 0.406. The van der Waals surface area contributed by atoms with E-state index in [2.05, 4.69) is 32.6 Å². The van der Waals surface area contributed by atoms with Crippen LogP contribution in [0.15, 0.2) is 0 Å². The van der Waals surface area contributed by atoms with Gasteiger partial charge in [0.15, 0.2) is 0 Å². The first-order chi connectivity index (χ1) is 5.00. The molecule has 0 spiro atoms. The van der Waals surface area contributed by atoms with Crippen molar-refractivity contribution in [2.75, 3.05) is 19.7 Å². The summed E-state index contributed by atoms with van der Waals surface area (Å²) in [7, 11) is 0. The second kappa shape index (κ2) is 3.11. The van der Waals surface area contributed by atoms with Gasteiger partial charge in [0.2, 0.25) is 0 Å². The van der Waals surface area contributed by atoms with E-state index in [-0.39, 0.29) is 0 Å². The van der Waals surface area contributed by atoms with E-state index in [1.807, 2.05) is 0 Å². The maximum absolute atomic E-state index is 5.46. The summed E-state index contributed by atoms with van der Waals surface area (Å²) >= 11 is 0. The van der Waals surface area contributed by atoms with Crippen molar-refractivity contribution in [2.24, 2.45) is 0 Å². The number of hydrogen-bond acceptors (Lipinski definition) is 2. The largest absolute Gasteiger partial charge is 0.376 e.